The Morgan fingerprint density at radius 1 is 0.641 bits per heavy atom. The fraction of sp³-hybridized carbons (Fsp3) is 0.333. The Bertz CT molecular complexity index is 1230. The quantitative estimate of drug-likeness (QED) is 0.284. The summed E-state index contributed by atoms with van der Waals surface area (Å²) in [6.07, 6.45) is 3.61. The van der Waals surface area contributed by atoms with Crippen molar-refractivity contribution in [2.45, 2.75) is 0 Å². The number of rotatable bonds is 8. The third kappa shape index (κ3) is 9.17. The van der Waals surface area contributed by atoms with E-state index in [1.807, 2.05) is 60.7 Å². The van der Waals surface area contributed by atoms with E-state index in [9.17, 15) is 0 Å². The van der Waals surface area contributed by atoms with Crippen LogP contribution in [0.1, 0.15) is 11.1 Å². The van der Waals surface area contributed by atoms with Crippen molar-refractivity contribution in [3.63, 3.8) is 0 Å². The maximum atomic E-state index is 6.27. The maximum absolute atomic E-state index is 6.27. The first kappa shape index (κ1) is 28.8. The molecule has 0 aromatic heterocycles. The molecule has 4 rings (SSSR count). The standard InChI is InChI=1S/C30H38N4O4.Ga/c1-33(2,3)15-17-37-25-13-11-23(29(35)19-25)21-31-27-9-7-8-10-28(27)32-22-24-12-14-26(20-30(24)36)38-18-16-34(4,5)6;/h7-14,19-22H,15-18H2,1-6H3;/q;+2. The van der Waals surface area contributed by atoms with Gasteiger partial charge in [-0.1, -0.05) is 0 Å². The Morgan fingerprint density at radius 2 is 1.08 bits per heavy atom. The van der Waals surface area contributed by atoms with E-state index in [2.05, 4.69) is 42.3 Å². The van der Waals surface area contributed by atoms with Gasteiger partial charge in [-0.25, -0.2) is 0 Å². The molecule has 0 aliphatic carbocycles. The van der Waals surface area contributed by atoms with E-state index < -0.39 is 18.1 Å². The fourth-order valence-electron chi connectivity index (χ4n) is 3.59. The van der Waals surface area contributed by atoms with Crippen LogP contribution in [0.25, 0.3) is 0 Å². The molecule has 0 N–H and O–H groups in total. The van der Waals surface area contributed by atoms with Crippen LogP contribution in [0.15, 0.2) is 70.6 Å². The van der Waals surface area contributed by atoms with Gasteiger partial charge in [0.15, 0.2) is 0 Å². The van der Waals surface area contributed by atoms with E-state index in [-0.39, 0.29) is 0 Å². The van der Waals surface area contributed by atoms with Gasteiger partial charge in [-0.3, -0.25) is 0 Å². The molecule has 1 aliphatic heterocycles. The number of ether oxygens (including phenoxy) is 2. The van der Waals surface area contributed by atoms with Crippen molar-refractivity contribution < 1.29 is 25.5 Å². The average Bonchev–Trinajstić information content (AvgIpc) is 2.87. The molecular formula is C30H38GaN4O4+2. The van der Waals surface area contributed by atoms with Crippen molar-refractivity contribution >= 4 is 41.9 Å². The van der Waals surface area contributed by atoms with Crippen molar-refractivity contribution in [1.82, 2.24) is 0 Å². The van der Waals surface area contributed by atoms with Gasteiger partial charge in [0.05, 0.1) is 0 Å². The van der Waals surface area contributed by atoms with Crippen molar-refractivity contribution in [2.24, 2.45) is 9.98 Å². The molecule has 0 unspecified atom stereocenters. The van der Waals surface area contributed by atoms with Crippen LogP contribution in [-0.2, 0) is 0 Å². The number of benzene rings is 3. The second kappa shape index (κ2) is 12.7. The first-order valence-corrected chi connectivity index (χ1v) is 15.0. The van der Waals surface area contributed by atoms with Gasteiger partial charge in [-0.2, -0.15) is 0 Å². The first-order valence-electron chi connectivity index (χ1n) is 13.0. The second-order valence-electron chi connectivity index (χ2n) is 11.5. The summed E-state index contributed by atoms with van der Waals surface area (Å²) >= 11 is -1.65. The molecule has 3 aromatic rings. The minimum absolute atomic E-state index is 0.612. The van der Waals surface area contributed by atoms with Crippen LogP contribution < -0.4 is 16.5 Å². The van der Waals surface area contributed by atoms with Crippen LogP contribution in [0.3, 0.4) is 0 Å². The molecule has 39 heavy (non-hydrogen) atoms. The van der Waals surface area contributed by atoms with E-state index in [1.165, 1.54) is 0 Å². The summed E-state index contributed by atoms with van der Waals surface area (Å²) in [6.45, 7) is 3.01. The molecule has 0 atom stereocenters. The SMILES string of the molecule is C[N+](C)(C)CCOc1ccc2c(c1)[O][Ga][O]c1cc(OCC[N+](C)(C)C)ccc1C=Nc1ccccc1N=C2. The van der Waals surface area contributed by atoms with Gasteiger partial charge in [0, 0.05) is 0 Å². The molecule has 9 heteroatoms. The topological polar surface area (TPSA) is 61.6 Å². The number of likely N-dealkylation sites (N-methyl/N-ethyl adjacent to an activating group) is 2. The summed E-state index contributed by atoms with van der Waals surface area (Å²) in [7, 11) is 12.9. The number of fused-ring (bicyclic) bond motifs is 3. The predicted molar refractivity (Wildman–Crippen MR) is 158 cm³/mol. The Labute approximate surface area is 240 Å². The van der Waals surface area contributed by atoms with E-state index in [0.717, 1.165) is 56.1 Å². The number of quaternary nitrogens is 2. The normalized spacial score (nSPS) is 13.2. The van der Waals surface area contributed by atoms with Crippen LogP contribution >= 0.6 is 0 Å². The number of nitrogens with zero attached hydrogens (tertiary/aromatic N) is 4. The van der Waals surface area contributed by atoms with Crippen LogP contribution in [0.4, 0.5) is 11.4 Å². The zero-order valence-electron chi connectivity index (χ0n) is 23.8. The van der Waals surface area contributed by atoms with Crippen LogP contribution in [0, 0.1) is 0 Å². The summed E-state index contributed by atoms with van der Waals surface area (Å²) in [5.74, 6) is 2.90. The first-order chi connectivity index (χ1) is 18.6. The molecule has 203 valence electrons. The predicted octanol–water partition coefficient (Wildman–Crippen LogP) is 4.66. The molecule has 1 aliphatic rings. The summed E-state index contributed by atoms with van der Waals surface area (Å²) in [5.41, 5.74) is 3.24. The third-order valence-corrected chi connectivity index (χ3v) is 7.42. The van der Waals surface area contributed by atoms with Crippen LogP contribution in [-0.4, -0.2) is 108 Å². The van der Waals surface area contributed by atoms with Crippen LogP contribution in [0.5, 0.6) is 23.0 Å². The second-order valence-corrected chi connectivity index (χ2v) is 12.9. The van der Waals surface area contributed by atoms with Crippen molar-refractivity contribution in [1.29, 1.82) is 0 Å². The molecule has 8 nitrogen and oxygen atoms in total. The number of aliphatic imine (C=N–C) groups is 2. The Kier molecular flexibility index (Phi) is 9.39. The molecule has 0 bridgehead atoms. The van der Waals surface area contributed by atoms with Crippen LogP contribution in [0.2, 0.25) is 0 Å². The average molecular weight is 588 g/mol. The molecule has 0 saturated carbocycles. The molecule has 0 saturated heterocycles. The molecular weight excluding hydrogens is 550 g/mol. The molecule has 3 aromatic carbocycles. The molecule has 1 heterocycles. The monoisotopic (exact) mass is 587 g/mol. The Balaban J connectivity index is 1.62. The zero-order valence-corrected chi connectivity index (χ0v) is 26.2. The van der Waals surface area contributed by atoms with Gasteiger partial charge in [-0.15, -0.1) is 0 Å². The Morgan fingerprint density at radius 3 is 1.49 bits per heavy atom. The molecule has 0 amide bonds. The number of hydrogen-bond acceptors (Lipinski definition) is 6. The van der Waals surface area contributed by atoms with Gasteiger partial charge in [0.25, 0.3) is 0 Å². The van der Waals surface area contributed by atoms with Gasteiger partial charge >= 0.3 is 241 Å². The van der Waals surface area contributed by atoms with E-state index in [0.29, 0.717) is 24.7 Å². The summed E-state index contributed by atoms with van der Waals surface area (Å²) in [4.78, 5) is 9.47. The van der Waals surface area contributed by atoms with Crippen molar-refractivity contribution in [2.75, 3.05) is 68.6 Å². The van der Waals surface area contributed by atoms with Gasteiger partial charge < -0.3 is 0 Å². The summed E-state index contributed by atoms with van der Waals surface area (Å²) < 4.78 is 26.3. The van der Waals surface area contributed by atoms with Crippen molar-refractivity contribution in [3.05, 3.63) is 71.8 Å². The van der Waals surface area contributed by atoms with Gasteiger partial charge in [-0.05, 0) is 0 Å². The Hall–Kier alpha value is -3.24. The molecule has 0 fully saturated rings. The van der Waals surface area contributed by atoms with Gasteiger partial charge in [0.1, 0.15) is 0 Å². The van der Waals surface area contributed by atoms with Crippen molar-refractivity contribution in [3.8, 4) is 23.0 Å². The summed E-state index contributed by atoms with van der Waals surface area (Å²) in [5, 5.41) is 0. The third-order valence-electron chi connectivity index (χ3n) is 5.95. The summed E-state index contributed by atoms with van der Waals surface area (Å²) in [6, 6.07) is 19.5. The van der Waals surface area contributed by atoms with E-state index in [4.69, 9.17) is 26.5 Å². The minimum atomic E-state index is -1.65. The van der Waals surface area contributed by atoms with E-state index >= 15 is 0 Å². The zero-order chi connectivity index (χ0) is 27.9. The number of hydrogen-bond donors (Lipinski definition) is 0. The number of para-hydroxylation sites is 2. The molecule has 1 radical (unpaired) electrons. The fourth-order valence-corrected chi connectivity index (χ4v) is 4.98. The van der Waals surface area contributed by atoms with E-state index in [1.54, 1.807) is 12.4 Å². The van der Waals surface area contributed by atoms with Gasteiger partial charge in [0.2, 0.25) is 0 Å². The molecule has 0 spiro atoms.